The molecule has 0 spiro atoms. The molecule has 0 aromatic rings. The molecule has 0 aliphatic heterocycles. The van der Waals surface area contributed by atoms with Crippen LogP contribution >= 0.6 is 0 Å². The van der Waals surface area contributed by atoms with Crippen LogP contribution in [0.25, 0.3) is 0 Å². The van der Waals surface area contributed by atoms with Gasteiger partial charge in [0.25, 0.3) is 0 Å². The largest absolute Gasteiger partial charge is 0.396 e. The molecule has 2 heteroatoms. The lowest BCUT2D eigenvalue weighted by molar-refractivity contribution is -0.123. The number of hydrogen-bond acceptors (Lipinski definition) is 2. The molecule has 2 nitrogen and oxygen atoms in total. The molecule has 0 amide bonds. The van der Waals surface area contributed by atoms with Gasteiger partial charge in [-0.25, -0.2) is 0 Å². The Morgan fingerprint density at radius 3 is 2.22 bits per heavy atom. The van der Waals surface area contributed by atoms with E-state index in [4.69, 9.17) is 5.11 Å². The third kappa shape index (κ3) is 6.53. The van der Waals surface area contributed by atoms with Gasteiger partial charge in [0.1, 0.15) is 5.78 Å². The fourth-order valence-electron chi connectivity index (χ4n) is 2.93. The SMILES string of the molecule is CC(CO)CC1CCCCCCCCCCC1=O. The zero-order valence-electron chi connectivity index (χ0n) is 12.0. The molecule has 1 aliphatic rings. The summed E-state index contributed by atoms with van der Waals surface area (Å²) in [5.41, 5.74) is 0. The van der Waals surface area contributed by atoms with Crippen molar-refractivity contribution in [1.29, 1.82) is 0 Å². The monoisotopic (exact) mass is 254 g/mol. The van der Waals surface area contributed by atoms with Gasteiger partial charge < -0.3 is 5.11 Å². The zero-order valence-corrected chi connectivity index (χ0v) is 12.0. The molecule has 0 aromatic heterocycles. The normalized spacial score (nSPS) is 26.1. The highest BCUT2D eigenvalue weighted by Crippen LogP contribution is 2.23. The van der Waals surface area contributed by atoms with Gasteiger partial charge in [0.2, 0.25) is 0 Å². The topological polar surface area (TPSA) is 37.3 Å². The van der Waals surface area contributed by atoms with E-state index in [2.05, 4.69) is 0 Å². The van der Waals surface area contributed by atoms with Gasteiger partial charge in [-0.3, -0.25) is 4.79 Å². The van der Waals surface area contributed by atoms with E-state index in [0.29, 0.717) is 5.78 Å². The molecule has 1 saturated carbocycles. The highest BCUT2D eigenvalue weighted by Gasteiger charge is 2.20. The lowest BCUT2D eigenvalue weighted by Crippen LogP contribution is -2.19. The summed E-state index contributed by atoms with van der Waals surface area (Å²) >= 11 is 0. The van der Waals surface area contributed by atoms with Crippen LogP contribution in [0.5, 0.6) is 0 Å². The molecule has 1 fully saturated rings. The minimum Gasteiger partial charge on any atom is -0.396 e. The van der Waals surface area contributed by atoms with Gasteiger partial charge in [-0.05, 0) is 25.2 Å². The van der Waals surface area contributed by atoms with Crippen molar-refractivity contribution in [1.82, 2.24) is 0 Å². The van der Waals surface area contributed by atoms with Crippen LogP contribution in [0.2, 0.25) is 0 Å². The summed E-state index contributed by atoms with van der Waals surface area (Å²) < 4.78 is 0. The number of carbonyl (C=O) groups excluding carboxylic acids is 1. The summed E-state index contributed by atoms with van der Waals surface area (Å²) in [6, 6.07) is 0. The lowest BCUT2D eigenvalue weighted by Gasteiger charge is -2.19. The van der Waals surface area contributed by atoms with Crippen molar-refractivity contribution < 1.29 is 9.90 Å². The summed E-state index contributed by atoms with van der Waals surface area (Å²) in [5, 5.41) is 9.15. The molecule has 1 aliphatic carbocycles. The third-order valence-electron chi connectivity index (χ3n) is 4.18. The van der Waals surface area contributed by atoms with E-state index < -0.39 is 0 Å². The van der Waals surface area contributed by atoms with Crippen molar-refractivity contribution >= 4 is 5.78 Å². The number of carbonyl (C=O) groups is 1. The van der Waals surface area contributed by atoms with E-state index in [1.54, 1.807) is 0 Å². The molecule has 2 atom stereocenters. The summed E-state index contributed by atoms with van der Waals surface area (Å²) in [6.45, 7) is 2.26. The second-order valence-corrected chi connectivity index (χ2v) is 6.05. The Balaban J connectivity index is 2.44. The average Bonchev–Trinajstić information content (AvgIpc) is 2.37. The summed E-state index contributed by atoms with van der Waals surface area (Å²) in [7, 11) is 0. The third-order valence-corrected chi connectivity index (χ3v) is 4.18. The molecule has 1 rings (SSSR count). The van der Waals surface area contributed by atoms with Crippen LogP contribution in [0.4, 0.5) is 0 Å². The second-order valence-electron chi connectivity index (χ2n) is 6.05. The summed E-state index contributed by atoms with van der Waals surface area (Å²) in [4.78, 5) is 12.2. The minimum atomic E-state index is 0.212. The van der Waals surface area contributed by atoms with Gasteiger partial charge in [-0.1, -0.05) is 51.9 Å². The number of rotatable bonds is 3. The highest BCUT2D eigenvalue weighted by molar-refractivity contribution is 5.80. The quantitative estimate of drug-likeness (QED) is 0.823. The van der Waals surface area contributed by atoms with Gasteiger partial charge in [0.05, 0.1) is 0 Å². The molecule has 18 heavy (non-hydrogen) atoms. The van der Waals surface area contributed by atoms with Crippen molar-refractivity contribution in [2.45, 2.75) is 77.6 Å². The first-order valence-electron chi connectivity index (χ1n) is 7.87. The Kier molecular flexibility index (Phi) is 8.32. The van der Waals surface area contributed by atoms with Gasteiger partial charge in [0.15, 0.2) is 0 Å². The molecule has 0 bridgehead atoms. The first-order chi connectivity index (χ1) is 8.74. The van der Waals surface area contributed by atoms with Crippen LogP contribution in [0.15, 0.2) is 0 Å². The first kappa shape index (κ1) is 15.7. The van der Waals surface area contributed by atoms with Crippen molar-refractivity contribution in [3.05, 3.63) is 0 Å². The zero-order chi connectivity index (χ0) is 13.2. The van der Waals surface area contributed by atoms with Gasteiger partial charge in [-0.2, -0.15) is 0 Å². The van der Waals surface area contributed by atoms with Gasteiger partial charge >= 0.3 is 0 Å². The van der Waals surface area contributed by atoms with E-state index in [9.17, 15) is 4.79 Å². The number of ketones is 1. The number of aliphatic hydroxyl groups is 1. The molecule has 2 unspecified atom stereocenters. The molecule has 0 radical (unpaired) electrons. The molecular formula is C16H30O2. The Morgan fingerprint density at radius 2 is 1.61 bits per heavy atom. The summed E-state index contributed by atoms with van der Waals surface area (Å²) in [5.74, 6) is 0.939. The van der Waals surface area contributed by atoms with Crippen molar-refractivity contribution in [2.75, 3.05) is 6.61 Å². The van der Waals surface area contributed by atoms with E-state index >= 15 is 0 Å². The van der Waals surface area contributed by atoms with Crippen LogP contribution in [0.3, 0.4) is 0 Å². The fraction of sp³-hybridized carbons (Fsp3) is 0.938. The number of aliphatic hydroxyl groups excluding tert-OH is 1. The van der Waals surface area contributed by atoms with Crippen molar-refractivity contribution in [2.24, 2.45) is 11.8 Å². The maximum absolute atomic E-state index is 12.2. The Hall–Kier alpha value is -0.370. The van der Waals surface area contributed by atoms with Crippen molar-refractivity contribution in [3.63, 3.8) is 0 Å². The smallest absolute Gasteiger partial charge is 0.135 e. The molecule has 1 N–H and O–H groups in total. The van der Waals surface area contributed by atoms with Crippen LogP contribution in [0, 0.1) is 11.8 Å². The molecule has 0 aromatic carbocycles. The van der Waals surface area contributed by atoms with Crippen LogP contribution < -0.4 is 0 Å². The van der Waals surface area contributed by atoms with Crippen LogP contribution in [-0.4, -0.2) is 17.5 Å². The molecule has 0 heterocycles. The standard InChI is InChI=1S/C16H30O2/c1-14(13-17)12-15-10-8-6-4-2-3-5-7-9-11-16(15)18/h14-15,17H,2-13H2,1H3. The Morgan fingerprint density at radius 1 is 1.06 bits per heavy atom. The van der Waals surface area contributed by atoms with E-state index in [1.807, 2.05) is 6.92 Å². The highest BCUT2D eigenvalue weighted by atomic mass is 16.3. The fourth-order valence-corrected chi connectivity index (χ4v) is 2.93. The number of Topliss-reactive ketones (excluding diaryl/α,β-unsaturated/α-hetero) is 1. The number of hydrogen-bond donors (Lipinski definition) is 1. The Labute approximate surface area is 112 Å². The maximum Gasteiger partial charge on any atom is 0.135 e. The Bertz CT molecular complexity index is 225. The van der Waals surface area contributed by atoms with Crippen molar-refractivity contribution in [3.8, 4) is 0 Å². The van der Waals surface area contributed by atoms with E-state index in [-0.39, 0.29) is 18.4 Å². The lowest BCUT2D eigenvalue weighted by atomic mass is 9.85. The van der Waals surface area contributed by atoms with Gasteiger partial charge in [-0.15, -0.1) is 0 Å². The first-order valence-corrected chi connectivity index (χ1v) is 7.87. The average molecular weight is 254 g/mol. The van der Waals surface area contributed by atoms with E-state index in [1.165, 1.54) is 44.9 Å². The summed E-state index contributed by atoms with van der Waals surface area (Å²) in [6.07, 6.45) is 12.8. The molecule has 106 valence electrons. The van der Waals surface area contributed by atoms with E-state index in [0.717, 1.165) is 25.7 Å². The molecule has 0 saturated heterocycles. The van der Waals surface area contributed by atoms with Crippen LogP contribution in [0.1, 0.15) is 77.6 Å². The predicted octanol–water partition coefficient (Wildman–Crippen LogP) is 4.10. The van der Waals surface area contributed by atoms with Gasteiger partial charge in [0, 0.05) is 18.9 Å². The maximum atomic E-state index is 12.2. The van der Waals surface area contributed by atoms with Crippen LogP contribution in [-0.2, 0) is 4.79 Å². The minimum absolute atomic E-state index is 0.212. The predicted molar refractivity (Wildman–Crippen MR) is 75.5 cm³/mol. The molecular weight excluding hydrogens is 224 g/mol. The second kappa shape index (κ2) is 9.55.